The Labute approximate surface area is 144 Å². The molecule has 2 rings (SSSR count). The zero-order valence-corrected chi connectivity index (χ0v) is 14.8. The Morgan fingerprint density at radius 2 is 1.92 bits per heavy atom. The predicted octanol–water partition coefficient (Wildman–Crippen LogP) is 3.43. The lowest BCUT2D eigenvalue weighted by atomic mass is 9.91. The van der Waals surface area contributed by atoms with Gasteiger partial charge in [0.2, 0.25) is 10.0 Å². The Kier molecular flexibility index (Phi) is 5.26. The van der Waals surface area contributed by atoms with Crippen molar-refractivity contribution in [1.29, 1.82) is 0 Å². The van der Waals surface area contributed by atoms with Crippen LogP contribution in [0.3, 0.4) is 0 Å². The van der Waals surface area contributed by atoms with Crippen LogP contribution in [-0.2, 0) is 16.2 Å². The summed E-state index contributed by atoms with van der Waals surface area (Å²) >= 11 is 5.56. The van der Waals surface area contributed by atoms with Crippen LogP contribution in [0.5, 0.6) is 0 Å². The molecule has 0 bridgehead atoms. The molecule has 2 N–H and O–H groups in total. The van der Waals surface area contributed by atoms with E-state index in [4.69, 9.17) is 11.6 Å². The number of alkyl halides is 3. The van der Waals surface area contributed by atoms with Gasteiger partial charge in [-0.15, -0.1) is 0 Å². The van der Waals surface area contributed by atoms with E-state index in [1.807, 2.05) is 0 Å². The first-order valence-corrected chi connectivity index (χ1v) is 9.30. The topological polar surface area (TPSA) is 66.4 Å². The van der Waals surface area contributed by atoms with Gasteiger partial charge in [-0.05, 0) is 37.0 Å². The zero-order valence-electron chi connectivity index (χ0n) is 13.2. The number of aliphatic hydroxyl groups excluding tert-OH is 1. The minimum Gasteiger partial charge on any atom is -0.392 e. The lowest BCUT2D eigenvalue weighted by molar-refractivity contribution is -0.139. The number of nitrogens with one attached hydrogen (secondary N) is 1. The highest BCUT2D eigenvalue weighted by Crippen LogP contribution is 2.50. The van der Waals surface area contributed by atoms with Crippen LogP contribution in [0.15, 0.2) is 23.1 Å². The molecule has 1 atom stereocenters. The Balaban J connectivity index is 2.26. The van der Waals surface area contributed by atoms with Crippen molar-refractivity contribution in [3.63, 3.8) is 0 Å². The third-order valence-electron chi connectivity index (χ3n) is 4.30. The molecule has 136 valence electrons. The average Bonchev–Trinajstić information content (AvgIpc) is 3.24. The fourth-order valence-electron chi connectivity index (χ4n) is 2.72. The fraction of sp³-hybridized carbons (Fsp3) is 0.600. The molecule has 1 unspecified atom stereocenters. The maximum atomic E-state index is 13.1. The van der Waals surface area contributed by atoms with E-state index in [0.717, 1.165) is 12.1 Å². The van der Waals surface area contributed by atoms with Crippen LogP contribution in [0.1, 0.15) is 32.3 Å². The van der Waals surface area contributed by atoms with E-state index in [1.165, 1.54) is 0 Å². The molecular formula is C15H19ClF3NO3S. The number of hydrogen-bond acceptors (Lipinski definition) is 3. The zero-order chi connectivity index (χ0) is 18.3. The van der Waals surface area contributed by atoms with Crippen molar-refractivity contribution >= 4 is 21.6 Å². The van der Waals surface area contributed by atoms with Gasteiger partial charge < -0.3 is 5.11 Å². The van der Waals surface area contributed by atoms with Gasteiger partial charge in [0.05, 0.1) is 16.6 Å². The molecule has 1 aromatic rings. The van der Waals surface area contributed by atoms with Crippen molar-refractivity contribution in [2.45, 2.75) is 43.9 Å². The lowest BCUT2D eigenvalue weighted by Gasteiger charge is -2.26. The van der Waals surface area contributed by atoms with E-state index in [1.54, 1.807) is 13.8 Å². The first-order valence-electron chi connectivity index (χ1n) is 7.43. The van der Waals surface area contributed by atoms with Crippen LogP contribution in [0.25, 0.3) is 0 Å². The van der Waals surface area contributed by atoms with Gasteiger partial charge in [0.1, 0.15) is 0 Å². The van der Waals surface area contributed by atoms with Crippen molar-refractivity contribution in [3.8, 4) is 0 Å². The summed E-state index contributed by atoms with van der Waals surface area (Å²) in [5.74, 6) is -0.0710. The molecule has 1 fully saturated rings. The number of halogens is 4. The van der Waals surface area contributed by atoms with Gasteiger partial charge in [-0.25, -0.2) is 13.1 Å². The Hall–Kier alpha value is -0.830. The van der Waals surface area contributed by atoms with Gasteiger partial charge in [-0.3, -0.25) is 0 Å². The van der Waals surface area contributed by atoms with Crippen molar-refractivity contribution < 1.29 is 26.7 Å². The summed E-state index contributed by atoms with van der Waals surface area (Å²) < 4.78 is 66.2. The lowest BCUT2D eigenvalue weighted by Crippen LogP contribution is -2.39. The quantitative estimate of drug-likeness (QED) is 0.788. The van der Waals surface area contributed by atoms with E-state index >= 15 is 0 Å². The van der Waals surface area contributed by atoms with E-state index in [0.29, 0.717) is 18.9 Å². The number of hydrogen-bond donors (Lipinski definition) is 2. The van der Waals surface area contributed by atoms with Crippen molar-refractivity contribution in [3.05, 3.63) is 28.8 Å². The van der Waals surface area contributed by atoms with Gasteiger partial charge in [0.25, 0.3) is 0 Å². The smallest absolute Gasteiger partial charge is 0.392 e. The fourth-order valence-corrected chi connectivity index (χ4v) is 4.24. The summed E-state index contributed by atoms with van der Waals surface area (Å²) in [6.45, 7) is 3.51. The third kappa shape index (κ3) is 4.04. The second kappa shape index (κ2) is 6.48. The summed E-state index contributed by atoms with van der Waals surface area (Å²) in [6, 6.07) is 2.53. The summed E-state index contributed by atoms with van der Waals surface area (Å²) in [7, 11) is -4.38. The first-order chi connectivity index (χ1) is 10.9. The third-order valence-corrected chi connectivity index (χ3v) is 6.00. The molecule has 1 aliphatic carbocycles. The van der Waals surface area contributed by atoms with Gasteiger partial charge >= 0.3 is 6.18 Å². The molecule has 0 heterocycles. The summed E-state index contributed by atoms with van der Waals surface area (Å²) in [6.07, 6.45) is -4.31. The molecule has 0 aliphatic heterocycles. The molecule has 9 heteroatoms. The van der Waals surface area contributed by atoms with E-state index < -0.39 is 38.2 Å². The molecule has 0 radical (unpaired) electrons. The van der Waals surface area contributed by atoms with Crippen LogP contribution in [0, 0.1) is 11.3 Å². The maximum absolute atomic E-state index is 13.1. The van der Waals surface area contributed by atoms with Gasteiger partial charge in [-0.2, -0.15) is 13.2 Å². The standard InChI is InChI=1S/C15H19ClF3NO3S/c1-9(2)13(21)14(5-6-14)8-20-24(22,23)12-4-3-10(16)7-11(12)15(17,18)19/h3-4,7,9,13,20-21H,5-6,8H2,1-2H3. The Morgan fingerprint density at radius 3 is 2.38 bits per heavy atom. The molecule has 1 aliphatic rings. The second-order valence-corrected chi connectivity index (χ2v) is 8.69. The number of sulfonamides is 1. The van der Waals surface area contributed by atoms with E-state index in [9.17, 15) is 26.7 Å². The molecule has 0 saturated heterocycles. The largest absolute Gasteiger partial charge is 0.417 e. The Bertz CT molecular complexity index is 715. The highest BCUT2D eigenvalue weighted by atomic mass is 35.5. The van der Waals surface area contributed by atoms with Gasteiger partial charge in [0.15, 0.2) is 0 Å². The van der Waals surface area contributed by atoms with Crippen LogP contribution >= 0.6 is 11.6 Å². The predicted molar refractivity (Wildman–Crippen MR) is 84.2 cm³/mol. The van der Waals surface area contributed by atoms with Gasteiger partial charge in [0, 0.05) is 17.0 Å². The summed E-state index contributed by atoms with van der Waals surface area (Å²) in [4.78, 5) is -0.866. The van der Waals surface area contributed by atoms with E-state index in [-0.39, 0.29) is 17.5 Å². The highest BCUT2D eigenvalue weighted by Gasteiger charge is 2.50. The molecule has 1 saturated carbocycles. The summed E-state index contributed by atoms with van der Waals surface area (Å²) in [5.41, 5.74) is -1.91. The van der Waals surface area contributed by atoms with Crippen molar-refractivity contribution in [1.82, 2.24) is 4.72 Å². The number of benzene rings is 1. The Morgan fingerprint density at radius 1 is 1.33 bits per heavy atom. The maximum Gasteiger partial charge on any atom is 0.417 e. The van der Waals surface area contributed by atoms with Crippen LogP contribution in [0.4, 0.5) is 13.2 Å². The molecule has 0 aromatic heterocycles. The minimum absolute atomic E-state index is 0.0710. The normalized spacial score (nSPS) is 18.7. The molecular weight excluding hydrogens is 367 g/mol. The van der Waals surface area contributed by atoms with Crippen molar-refractivity contribution in [2.24, 2.45) is 11.3 Å². The molecule has 4 nitrogen and oxygen atoms in total. The first kappa shape index (κ1) is 19.5. The van der Waals surface area contributed by atoms with Gasteiger partial charge in [-0.1, -0.05) is 25.4 Å². The monoisotopic (exact) mass is 385 g/mol. The van der Waals surface area contributed by atoms with Crippen LogP contribution in [0.2, 0.25) is 5.02 Å². The van der Waals surface area contributed by atoms with Crippen molar-refractivity contribution in [2.75, 3.05) is 6.54 Å². The highest BCUT2D eigenvalue weighted by molar-refractivity contribution is 7.89. The minimum atomic E-state index is -4.84. The number of rotatable bonds is 6. The molecule has 1 aromatic carbocycles. The van der Waals surface area contributed by atoms with Crippen LogP contribution < -0.4 is 4.72 Å². The molecule has 0 amide bonds. The second-order valence-electron chi connectivity index (χ2n) is 6.51. The van der Waals surface area contributed by atoms with E-state index in [2.05, 4.69) is 4.72 Å². The molecule has 24 heavy (non-hydrogen) atoms. The summed E-state index contributed by atoms with van der Waals surface area (Å²) in [5, 5.41) is 9.97. The molecule has 0 spiro atoms. The SMILES string of the molecule is CC(C)C(O)C1(CNS(=O)(=O)c2ccc(Cl)cc2C(F)(F)F)CC1. The number of aliphatic hydroxyl groups is 1. The van der Waals surface area contributed by atoms with Crippen LogP contribution in [-0.4, -0.2) is 26.2 Å². The average molecular weight is 386 g/mol.